The molecule has 0 saturated carbocycles. The number of furan rings is 1. The van der Waals surface area contributed by atoms with Gasteiger partial charge in [0, 0.05) is 43.7 Å². The minimum atomic E-state index is 0.464. The van der Waals surface area contributed by atoms with Crippen LogP contribution in [0.4, 0.5) is 0 Å². The van der Waals surface area contributed by atoms with Crippen molar-refractivity contribution in [2.45, 2.75) is 25.4 Å². The smallest absolute Gasteiger partial charge is 0.293 e. The second kappa shape index (κ2) is 7.07. The van der Waals surface area contributed by atoms with Crippen molar-refractivity contribution in [3.63, 3.8) is 0 Å². The summed E-state index contributed by atoms with van der Waals surface area (Å²) < 4.78 is 10.6. The fraction of sp³-hybridized carbons (Fsp3) is 0.625. The second-order valence-corrected chi connectivity index (χ2v) is 7.37. The highest BCUT2D eigenvalue weighted by molar-refractivity contribution is 7.99. The molecule has 0 spiro atoms. The maximum absolute atomic E-state index is 5.29. The van der Waals surface area contributed by atoms with E-state index in [0.29, 0.717) is 11.7 Å². The van der Waals surface area contributed by atoms with Crippen molar-refractivity contribution in [3.05, 3.63) is 24.2 Å². The van der Waals surface area contributed by atoms with Crippen molar-refractivity contribution in [2.75, 3.05) is 37.7 Å². The number of hydrogen-bond donors (Lipinski definition) is 0. The minimum absolute atomic E-state index is 0.464. The van der Waals surface area contributed by atoms with Gasteiger partial charge in [0.2, 0.25) is 0 Å². The Balaban J connectivity index is 1.29. The summed E-state index contributed by atoms with van der Waals surface area (Å²) in [7, 11) is 0. The molecule has 0 radical (unpaired) electrons. The zero-order valence-corrected chi connectivity index (χ0v) is 14.0. The summed E-state index contributed by atoms with van der Waals surface area (Å²) in [6.45, 7) is 5.49. The molecule has 0 bridgehead atoms. The van der Waals surface area contributed by atoms with Gasteiger partial charge in [-0.1, -0.05) is 5.16 Å². The van der Waals surface area contributed by atoms with E-state index in [0.717, 1.165) is 31.5 Å². The van der Waals surface area contributed by atoms with Gasteiger partial charge >= 0.3 is 0 Å². The van der Waals surface area contributed by atoms with E-state index in [1.165, 1.54) is 37.4 Å². The molecular weight excluding hydrogens is 312 g/mol. The van der Waals surface area contributed by atoms with Crippen LogP contribution in [0.15, 0.2) is 27.3 Å². The molecule has 7 heteroatoms. The quantitative estimate of drug-likeness (QED) is 0.850. The first kappa shape index (κ1) is 15.2. The van der Waals surface area contributed by atoms with Gasteiger partial charge in [0.15, 0.2) is 11.6 Å². The van der Waals surface area contributed by atoms with Crippen LogP contribution >= 0.6 is 11.8 Å². The molecule has 2 saturated heterocycles. The Labute approximate surface area is 140 Å². The molecule has 0 N–H and O–H groups in total. The molecule has 4 heterocycles. The zero-order chi connectivity index (χ0) is 15.5. The Kier molecular flexibility index (Phi) is 4.68. The molecule has 0 aliphatic carbocycles. The molecule has 4 rings (SSSR count). The fourth-order valence-electron chi connectivity index (χ4n) is 3.40. The van der Waals surface area contributed by atoms with E-state index in [1.807, 2.05) is 12.1 Å². The third-order valence-corrected chi connectivity index (χ3v) is 5.63. The van der Waals surface area contributed by atoms with Crippen LogP contribution in [0.25, 0.3) is 11.7 Å². The van der Waals surface area contributed by atoms with Gasteiger partial charge in [-0.3, -0.25) is 9.80 Å². The summed E-state index contributed by atoms with van der Waals surface area (Å²) in [6.07, 6.45) is 4.10. The molecule has 0 aromatic carbocycles. The van der Waals surface area contributed by atoms with E-state index in [-0.39, 0.29) is 0 Å². The maximum Gasteiger partial charge on any atom is 0.293 e. The summed E-state index contributed by atoms with van der Waals surface area (Å²) in [5.41, 5.74) is 0. The number of aromatic nitrogens is 2. The van der Waals surface area contributed by atoms with Crippen molar-refractivity contribution in [3.8, 4) is 11.7 Å². The monoisotopic (exact) mass is 334 g/mol. The van der Waals surface area contributed by atoms with E-state index in [9.17, 15) is 0 Å². The number of rotatable bonds is 4. The maximum atomic E-state index is 5.29. The number of hydrogen-bond acceptors (Lipinski definition) is 7. The standard InChI is InChI=1S/C16H22N4O2S/c1-2-14(21-9-1)16-17-15(18-22-16)12-19-5-3-13(4-6-19)20-7-10-23-11-8-20/h1-2,9,13H,3-8,10-12H2. The Bertz CT molecular complexity index is 601. The van der Waals surface area contributed by atoms with Crippen molar-refractivity contribution >= 4 is 11.8 Å². The number of piperidine rings is 1. The summed E-state index contributed by atoms with van der Waals surface area (Å²) in [5.74, 6) is 4.41. The SMILES string of the molecule is c1coc(-c2nc(CN3CCC(N4CCSCC4)CC3)no2)c1. The Morgan fingerprint density at radius 2 is 2.00 bits per heavy atom. The average Bonchev–Trinajstić information content (AvgIpc) is 3.28. The van der Waals surface area contributed by atoms with Crippen LogP contribution in [0.1, 0.15) is 18.7 Å². The van der Waals surface area contributed by atoms with Gasteiger partial charge in [0.1, 0.15) is 0 Å². The molecule has 0 atom stereocenters. The van der Waals surface area contributed by atoms with Crippen molar-refractivity contribution in [1.82, 2.24) is 19.9 Å². The van der Waals surface area contributed by atoms with Crippen molar-refractivity contribution < 1.29 is 8.94 Å². The lowest BCUT2D eigenvalue weighted by Gasteiger charge is -2.39. The lowest BCUT2D eigenvalue weighted by atomic mass is 10.0. The second-order valence-electron chi connectivity index (χ2n) is 6.15. The van der Waals surface area contributed by atoms with Gasteiger partial charge in [-0.2, -0.15) is 16.7 Å². The predicted octanol–water partition coefficient (Wildman–Crippen LogP) is 2.34. The van der Waals surface area contributed by atoms with Crippen LogP contribution in [0.5, 0.6) is 0 Å². The van der Waals surface area contributed by atoms with Crippen LogP contribution in [0, 0.1) is 0 Å². The van der Waals surface area contributed by atoms with Gasteiger partial charge in [0.25, 0.3) is 5.89 Å². The largest absolute Gasteiger partial charge is 0.459 e. The first-order valence-electron chi connectivity index (χ1n) is 8.29. The highest BCUT2D eigenvalue weighted by atomic mass is 32.2. The van der Waals surface area contributed by atoms with Crippen LogP contribution in [0.3, 0.4) is 0 Å². The third kappa shape index (κ3) is 3.62. The Hall–Kier alpha value is -1.31. The summed E-state index contributed by atoms with van der Waals surface area (Å²) in [4.78, 5) is 9.53. The van der Waals surface area contributed by atoms with Gasteiger partial charge in [0.05, 0.1) is 12.8 Å². The molecule has 0 unspecified atom stereocenters. The molecule has 2 aliphatic rings. The van der Waals surface area contributed by atoms with Gasteiger partial charge in [-0.25, -0.2) is 0 Å². The lowest BCUT2D eigenvalue weighted by Crippen LogP contribution is -2.47. The van der Waals surface area contributed by atoms with Gasteiger partial charge in [-0.15, -0.1) is 0 Å². The van der Waals surface area contributed by atoms with Gasteiger partial charge < -0.3 is 8.94 Å². The van der Waals surface area contributed by atoms with Crippen LogP contribution in [-0.2, 0) is 6.54 Å². The molecule has 2 aromatic rings. The van der Waals surface area contributed by atoms with Crippen LogP contribution in [0.2, 0.25) is 0 Å². The number of thioether (sulfide) groups is 1. The molecule has 0 amide bonds. The molecule has 2 fully saturated rings. The normalized spacial score (nSPS) is 21.7. The summed E-state index contributed by atoms with van der Waals surface area (Å²) in [5, 5.41) is 4.07. The van der Waals surface area contributed by atoms with Crippen molar-refractivity contribution in [1.29, 1.82) is 0 Å². The van der Waals surface area contributed by atoms with E-state index in [4.69, 9.17) is 8.94 Å². The lowest BCUT2D eigenvalue weighted by molar-refractivity contribution is 0.110. The zero-order valence-electron chi connectivity index (χ0n) is 13.2. The molecule has 2 aliphatic heterocycles. The van der Waals surface area contributed by atoms with E-state index in [2.05, 4.69) is 31.7 Å². The molecule has 6 nitrogen and oxygen atoms in total. The van der Waals surface area contributed by atoms with Crippen molar-refractivity contribution in [2.24, 2.45) is 0 Å². The van der Waals surface area contributed by atoms with E-state index < -0.39 is 0 Å². The first-order chi connectivity index (χ1) is 11.4. The molecule has 23 heavy (non-hydrogen) atoms. The third-order valence-electron chi connectivity index (χ3n) is 4.68. The van der Waals surface area contributed by atoms with Gasteiger partial charge in [-0.05, 0) is 25.0 Å². The Morgan fingerprint density at radius 1 is 1.17 bits per heavy atom. The topological polar surface area (TPSA) is 58.5 Å². The predicted molar refractivity (Wildman–Crippen MR) is 89.2 cm³/mol. The summed E-state index contributed by atoms with van der Waals surface area (Å²) >= 11 is 2.08. The van der Waals surface area contributed by atoms with E-state index in [1.54, 1.807) is 6.26 Å². The number of likely N-dealkylation sites (tertiary alicyclic amines) is 1. The Morgan fingerprint density at radius 3 is 2.74 bits per heavy atom. The fourth-order valence-corrected chi connectivity index (χ4v) is 4.34. The first-order valence-corrected chi connectivity index (χ1v) is 9.44. The molecular formula is C16H22N4O2S. The van der Waals surface area contributed by atoms with Crippen LogP contribution in [-0.4, -0.2) is 63.7 Å². The van der Waals surface area contributed by atoms with E-state index >= 15 is 0 Å². The highest BCUT2D eigenvalue weighted by Crippen LogP contribution is 2.22. The average molecular weight is 334 g/mol. The molecule has 2 aromatic heterocycles. The highest BCUT2D eigenvalue weighted by Gasteiger charge is 2.26. The summed E-state index contributed by atoms with van der Waals surface area (Å²) in [6, 6.07) is 4.42. The van der Waals surface area contributed by atoms with Crippen LogP contribution < -0.4 is 0 Å². The molecule has 124 valence electrons. The number of nitrogens with zero attached hydrogens (tertiary/aromatic N) is 4. The minimum Gasteiger partial charge on any atom is -0.459 e.